The molecular weight excluding hydrogens is 254 g/mol. The molecule has 0 atom stereocenters. The minimum atomic E-state index is -0.484. The first-order valence-corrected chi connectivity index (χ1v) is 6.22. The van der Waals surface area contributed by atoms with Crippen molar-refractivity contribution in [1.82, 2.24) is 10.2 Å². The number of nitrogens with one attached hydrogen (secondary N) is 2. The van der Waals surface area contributed by atoms with Crippen LogP contribution in [0.3, 0.4) is 0 Å². The molecule has 3 rings (SSSR count). The van der Waals surface area contributed by atoms with Gasteiger partial charge in [0.05, 0.1) is 11.9 Å². The third-order valence-electron chi connectivity index (χ3n) is 2.95. The number of hydrogen-bond donors (Lipinski definition) is 2. The molecule has 20 heavy (non-hydrogen) atoms. The molecule has 1 heterocycles. The van der Waals surface area contributed by atoms with E-state index in [2.05, 4.69) is 15.5 Å². The predicted octanol–water partition coefficient (Wildman–Crippen LogP) is 3.31. The lowest BCUT2D eigenvalue weighted by molar-refractivity contribution is 0.155. The number of rotatable bonds is 3. The predicted molar refractivity (Wildman–Crippen MR) is 76.3 cm³/mol. The summed E-state index contributed by atoms with van der Waals surface area (Å²) in [6.45, 7) is 0.188. The summed E-state index contributed by atoms with van der Waals surface area (Å²) in [6.07, 6.45) is 2.82. The first-order valence-electron chi connectivity index (χ1n) is 6.22. The molecule has 5 heteroatoms. The van der Waals surface area contributed by atoms with E-state index >= 15 is 0 Å². The van der Waals surface area contributed by atoms with E-state index in [4.69, 9.17) is 4.74 Å². The number of hydrogen-bond acceptors (Lipinski definition) is 3. The third kappa shape index (κ3) is 2.61. The maximum Gasteiger partial charge on any atom is 0.411 e. The van der Waals surface area contributed by atoms with E-state index in [1.807, 2.05) is 42.5 Å². The minimum absolute atomic E-state index is 0.188. The molecule has 0 spiro atoms. The molecule has 0 bridgehead atoms. The average molecular weight is 267 g/mol. The molecule has 0 aliphatic rings. The Labute approximate surface area is 115 Å². The molecule has 100 valence electrons. The highest BCUT2D eigenvalue weighted by Crippen LogP contribution is 2.23. The Hall–Kier alpha value is -2.82. The van der Waals surface area contributed by atoms with E-state index in [0.29, 0.717) is 0 Å². The molecule has 2 aromatic carbocycles. The van der Waals surface area contributed by atoms with Gasteiger partial charge in [0.15, 0.2) is 0 Å². The van der Waals surface area contributed by atoms with E-state index < -0.39 is 6.09 Å². The van der Waals surface area contributed by atoms with E-state index in [0.717, 1.165) is 22.0 Å². The SMILES string of the molecule is O=C(Nc1cccc2ccccc12)OCc1cn[nH]c1. The van der Waals surface area contributed by atoms with Gasteiger partial charge in [-0.05, 0) is 11.5 Å². The van der Waals surface area contributed by atoms with Crippen molar-refractivity contribution in [3.63, 3.8) is 0 Å². The van der Waals surface area contributed by atoms with Crippen molar-refractivity contribution < 1.29 is 9.53 Å². The van der Waals surface area contributed by atoms with Crippen LogP contribution >= 0.6 is 0 Å². The smallest absolute Gasteiger partial charge is 0.411 e. The Morgan fingerprint density at radius 3 is 2.90 bits per heavy atom. The van der Waals surface area contributed by atoms with Crippen LogP contribution in [0.1, 0.15) is 5.56 Å². The van der Waals surface area contributed by atoms with Crippen molar-refractivity contribution in [3.05, 3.63) is 60.4 Å². The summed E-state index contributed by atoms with van der Waals surface area (Å²) in [5.74, 6) is 0. The van der Waals surface area contributed by atoms with Crippen LogP contribution in [-0.2, 0) is 11.3 Å². The Morgan fingerprint density at radius 1 is 1.20 bits per heavy atom. The Bertz CT molecular complexity index is 718. The summed E-state index contributed by atoms with van der Waals surface area (Å²) < 4.78 is 5.13. The molecule has 2 N–H and O–H groups in total. The first kappa shape index (κ1) is 12.2. The van der Waals surface area contributed by atoms with Gasteiger partial charge in [0.25, 0.3) is 0 Å². The van der Waals surface area contributed by atoms with Gasteiger partial charge in [0.1, 0.15) is 6.61 Å². The zero-order valence-corrected chi connectivity index (χ0v) is 10.7. The molecule has 0 radical (unpaired) electrons. The maximum atomic E-state index is 11.8. The fourth-order valence-corrected chi connectivity index (χ4v) is 1.99. The van der Waals surface area contributed by atoms with E-state index in [1.165, 1.54) is 0 Å². The molecule has 0 aliphatic heterocycles. The van der Waals surface area contributed by atoms with Crippen molar-refractivity contribution >= 4 is 22.6 Å². The summed E-state index contributed by atoms with van der Waals surface area (Å²) in [4.78, 5) is 11.8. The number of carbonyl (C=O) groups is 1. The van der Waals surface area contributed by atoms with Gasteiger partial charge in [-0.1, -0.05) is 36.4 Å². The summed E-state index contributed by atoms with van der Waals surface area (Å²) in [5, 5.41) is 11.3. The zero-order valence-electron chi connectivity index (χ0n) is 10.7. The van der Waals surface area contributed by atoms with Crippen molar-refractivity contribution in [2.24, 2.45) is 0 Å². The largest absolute Gasteiger partial charge is 0.444 e. The van der Waals surface area contributed by atoms with Gasteiger partial charge in [-0.3, -0.25) is 10.4 Å². The van der Waals surface area contributed by atoms with Gasteiger partial charge in [-0.15, -0.1) is 0 Å². The summed E-state index contributed by atoms with van der Waals surface area (Å²) in [6, 6.07) is 13.6. The van der Waals surface area contributed by atoms with Crippen molar-refractivity contribution in [3.8, 4) is 0 Å². The van der Waals surface area contributed by atoms with Crippen molar-refractivity contribution in [1.29, 1.82) is 0 Å². The van der Waals surface area contributed by atoms with Crippen LogP contribution in [0.4, 0.5) is 10.5 Å². The zero-order chi connectivity index (χ0) is 13.8. The van der Waals surface area contributed by atoms with Gasteiger partial charge in [-0.25, -0.2) is 4.79 Å². The number of H-pyrrole nitrogens is 1. The van der Waals surface area contributed by atoms with Crippen LogP contribution in [0.25, 0.3) is 10.8 Å². The third-order valence-corrected chi connectivity index (χ3v) is 2.95. The van der Waals surface area contributed by atoms with Crippen molar-refractivity contribution in [2.75, 3.05) is 5.32 Å². The Morgan fingerprint density at radius 2 is 2.05 bits per heavy atom. The highest BCUT2D eigenvalue weighted by atomic mass is 16.5. The van der Waals surface area contributed by atoms with Gasteiger partial charge in [-0.2, -0.15) is 5.10 Å². The second-order valence-electron chi connectivity index (χ2n) is 4.33. The van der Waals surface area contributed by atoms with Crippen LogP contribution in [0, 0.1) is 0 Å². The fourth-order valence-electron chi connectivity index (χ4n) is 1.99. The second kappa shape index (κ2) is 5.44. The lowest BCUT2D eigenvalue weighted by atomic mass is 10.1. The number of anilines is 1. The number of ether oxygens (including phenoxy) is 1. The fraction of sp³-hybridized carbons (Fsp3) is 0.0667. The van der Waals surface area contributed by atoms with Gasteiger partial charge in [0.2, 0.25) is 0 Å². The number of amides is 1. The number of aromatic amines is 1. The number of benzene rings is 2. The number of nitrogens with zero attached hydrogens (tertiary/aromatic N) is 1. The monoisotopic (exact) mass is 267 g/mol. The molecule has 0 unspecified atom stereocenters. The van der Waals surface area contributed by atoms with Crippen molar-refractivity contribution in [2.45, 2.75) is 6.61 Å². The molecule has 5 nitrogen and oxygen atoms in total. The second-order valence-corrected chi connectivity index (χ2v) is 4.33. The molecule has 0 aliphatic carbocycles. The minimum Gasteiger partial charge on any atom is -0.444 e. The van der Waals surface area contributed by atoms with E-state index in [-0.39, 0.29) is 6.61 Å². The summed E-state index contributed by atoms with van der Waals surface area (Å²) in [7, 11) is 0. The quantitative estimate of drug-likeness (QED) is 0.765. The van der Waals surface area contributed by atoms with Gasteiger partial charge < -0.3 is 4.74 Å². The van der Waals surface area contributed by atoms with Crippen LogP contribution < -0.4 is 5.32 Å². The van der Waals surface area contributed by atoms with Crippen LogP contribution in [0.2, 0.25) is 0 Å². The summed E-state index contributed by atoms with van der Waals surface area (Å²) >= 11 is 0. The molecular formula is C15H13N3O2. The number of fused-ring (bicyclic) bond motifs is 1. The highest BCUT2D eigenvalue weighted by Gasteiger charge is 2.06. The standard InChI is InChI=1S/C15H13N3O2/c19-15(20-10-11-8-16-17-9-11)18-14-7-3-5-12-4-1-2-6-13(12)14/h1-9H,10H2,(H,16,17)(H,18,19). The molecule has 3 aromatic rings. The normalized spacial score (nSPS) is 10.4. The summed E-state index contributed by atoms with van der Waals surface area (Å²) in [5.41, 5.74) is 1.55. The van der Waals surface area contributed by atoms with E-state index in [9.17, 15) is 4.79 Å². The molecule has 0 saturated heterocycles. The van der Waals surface area contributed by atoms with E-state index in [1.54, 1.807) is 12.4 Å². The van der Waals surface area contributed by atoms with Gasteiger partial charge >= 0.3 is 6.09 Å². The molecule has 0 saturated carbocycles. The number of aromatic nitrogens is 2. The molecule has 1 amide bonds. The Kier molecular flexibility index (Phi) is 3.33. The number of carbonyl (C=O) groups excluding carboxylic acids is 1. The first-order chi connectivity index (χ1) is 9.83. The average Bonchev–Trinajstić information content (AvgIpc) is 2.99. The van der Waals surface area contributed by atoms with Gasteiger partial charge in [0, 0.05) is 17.1 Å². The Balaban J connectivity index is 1.71. The van der Waals surface area contributed by atoms with Crippen LogP contribution in [-0.4, -0.2) is 16.3 Å². The lowest BCUT2D eigenvalue weighted by Gasteiger charge is -2.08. The van der Waals surface area contributed by atoms with Crippen LogP contribution in [0.15, 0.2) is 54.9 Å². The van der Waals surface area contributed by atoms with Crippen LogP contribution in [0.5, 0.6) is 0 Å². The molecule has 1 aromatic heterocycles. The highest BCUT2D eigenvalue weighted by molar-refractivity contribution is 6.00. The topological polar surface area (TPSA) is 67.0 Å². The maximum absolute atomic E-state index is 11.8. The lowest BCUT2D eigenvalue weighted by Crippen LogP contribution is -2.13. The molecule has 0 fully saturated rings.